The second kappa shape index (κ2) is 7.46. The SMILES string of the molecule is CSC(SC)c1cccc(OCc2ccccc2)n1. The van der Waals surface area contributed by atoms with Crippen LogP contribution in [-0.4, -0.2) is 17.5 Å². The van der Waals surface area contributed by atoms with Crippen LogP contribution in [0.4, 0.5) is 0 Å². The number of nitrogens with zero attached hydrogens (tertiary/aromatic N) is 1. The number of ether oxygens (including phenoxy) is 1. The predicted octanol–water partition coefficient (Wildman–Crippen LogP) is 4.39. The molecule has 0 aliphatic heterocycles. The summed E-state index contributed by atoms with van der Waals surface area (Å²) in [5, 5.41) is 0. The van der Waals surface area contributed by atoms with Crippen molar-refractivity contribution >= 4 is 23.5 Å². The molecule has 0 radical (unpaired) electrons. The molecular weight excluding hydrogens is 274 g/mol. The topological polar surface area (TPSA) is 22.1 Å². The number of rotatable bonds is 6. The van der Waals surface area contributed by atoms with Gasteiger partial charge in [-0.25, -0.2) is 4.98 Å². The Balaban J connectivity index is 2.03. The van der Waals surface area contributed by atoms with E-state index in [0.29, 0.717) is 17.1 Å². The molecule has 0 saturated carbocycles. The third-order valence-corrected chi connectivity index (χ3v) is 5.14. The number of benzene rings is 1. The van der Waals surface area contributed by atoms with Gasteiger partial charge < -0.3 is 4.74 Å². The first kappa shape index (κ1) is 14.3. The summed E-state index contributed by atoms with van der Waals surface area (Å²) in [5.74, 6) is 0.689. The molecule has 2 nitrogen and oxygen atoms in total. The van der Waals surface area contributed by atoms with E-state index >= 15 is 0 Å². The van der Waals surface area contributed by atoms with E-state index in [0.717, 1.165) is 11.3 Å². The molecule has 0 amide bonds. The zero-order valence-electron chi connectivity index (χ0n) is 11.1. The third-order valence-electron chi connectivity index (χ3n) is 2.64. The van der Waals surface area contributed by atoms with Crippen molar-refractivity contribution in [2.45, 2.75) is 11.2 Å². The first-order valence-corrected chi connectivity index (χ1v) is 8.60. The van der Waals surface area contributed by atoms with Crippen LogP contribution >= 0.6 is 23.5 Å². The van der Waals surface area contributed by atoms with Gasteiger partial charge in [0, 0.05) is 6.07 Å². The van der Waals surface area contributed by atoms with Crippen molar-refractivity contribution in [1.29, 1.82) is 0 Å². The average Bonchev–Trinajstić information content (AvgIpc) is 2.48. The molecule has 2 rings (SSSR count). The Hall–Kier alpha value is -1.13. The molecule has 0 unspecified atom stereocenters. The fourth-order valence-electron chi connectivity index (χ4n) is 1.71. The zero-order valence-corrected chi connectivity index (χ0v) is 12.7. The molecule has 2 aromatic rings. The largest absolute Gasteiger partial charge is 0.473 e. The minimum atomic E-state index is 0.361. The number of hydrogen-bond acceptors (Lipinski definition) is 4. The average molecular weight is 291 g/mol. The molecule has 4 heteroatoms. The summed E-state index contributed by atoms with van der Waals surface area (Å²) in [7, 11) is 0. The van der Waals surface area contributed by atoms with Crippen LogP contribution in [-0.2, 0) is 6.61 Å². The molecule has 100 valence electrons. The maximum Gasteiger partial charge on any atom is 0.213 e. The van der Waals surface area contributed by atoms with Crippen LogP contribution in [0.3, 0.4) is 0 Å². The lowest BCUT2D eigenvalue weighted by molar-refractivity contribution is 0.293. The molecule has 19 heavy (non-hydrogen) atoms. The van der Waals surface area contributed by atoms with Crippen LogP contribution in [0.1, 0.15) is 15.8 Å². The van der Waals surface area contributed by atoms with Gasteiger partial charge in [0.15, 0.2) is 0 Å². The van der Waals surface area contributed by atoms with Gasteiger partial charge in [0.2, 0.25) is 5.88 Å². The second-order valence-electron chi connectivity index (χ2n) is 3.98. The van der Waals surface area contributed by atoms with E-state index in [1.807, 2.05) is 36.4 Å². The van der Waals surface area contributed by atoms with E-state index in [-0.39, 0.29) is 0 Å². The number of hydrogen-bond donors (Lipinski definition) is 0. The van der Waals surface area contributed by atoms with E-state index in [9.17, 15) is 0 Å². The van der Waals surface area contributed by atoms with Gasteiger partial charge in [0.25, 0.3) is 0 Å². The van der Waals surface area contributed by atoms with Crippen molar-refractivity contribution in [3.63, 3.8) is 0 Å². The summed E-state index contributed by atoms with van der Waals surface area (Å²) in [5.41, 5.74) is 2.21. The lowest BCUT2D eigenvalue weighted by atomic mass is 10.2. The van der Waals surface area contributed by atoms with Gasteiger partial charge in [-0.15, -0.1) is 23.5 Å². The van der Waals surface area contributed by atoms with Crippen LogP contribution < -0.4 is 4.74 Å². The highest BCUT2D eigenvalue weighted by molar-refractivity contribution is 8.15. The summed E-state index contributed by atoms with van der Waals surface area (Å²) in [6, 6.07) is 16.1. The molecular formula is C15H17NOS2. The van der Waals surface area contributed by atoms with Crippen LogP contribution in [0.2, 0.25) is 0 Å². The molecule has 0 fully saturated rings. The van der Waals surface area contributed by atoms with Crippen molar-refractivity contribution in [3.8, 4) is 5.88 Å². The van der Waals surface area contributed by atoms with E-state index in [4.69, 9.17) is 4.74 Å². The first-order chi connectivity index (χ1) is 9.33. The van der Waals surface area contributed by atoms with Gasteiger partial charge in [0.1, 0.15) is 6.61 Å². The van der Waals surface area contributed by atoms with Crippen molar-refractivity contribution in [2.75, 3.05) is 12.5 Å². The number of thioether (sulfide) groups is 2. The molecule has 0 saturated heterocycles. The van der Waals surface area contributed by atoms with Crippen molar-refractivity contribution < 1.29 is 4.74 Å². The maximum absolute atomic E-state index is 5.74. The van der Waals surface area contributed by atoms with Gasteiger partial charge in [-0.2, -0.15) is 0 Å². The Morgan fingerprint density at radius 1 is 1.00 bits per heavy atom. The Labute approximate surface area is 123 Å². The number of aromatic nitrogens is 1. The minimum absolute atomic E-state index is 0.361. The lowest BCUT2D eigenvalue weighted by Crippen LogP contribution is -1.99. The Morgan fingerprint density at radius 3 is 2.42 bits per heavy atom. The normalized spacial score (nSPS) is 10.7. The fourth-order valence-corrected chi connectivity index (χ4v) is 3.23. The molecule has 0 atom stereocenters. The molecule has 1 aromatic heterocycles. The zero-order chi connectivity index (χ0) is 13.5. The summed E-state index contributed by atoms with van der Waals surface area (Å²) in [6.45, 7) is 0.556. The summed E-state index contributed by atoms with van der Waals surface area (Å²) >= 11 is 3.58. The highest BCUT2D eigenvalue weighted by atomic mass is 32.2. The smallest absolute Gasteiger partial charge is 0.213 e. The molecule has 0 bridgehead atoms. The fraction of sp³-hybridized carbons (Fsp3) is 0.267. The maximum atomic E-state index is 5.74. The van der Waals surface area contributed by atoms with Crippen LogP contribution in [0.25, 0.3) is 0 Å². The van der Waals surface area contributed by atoms with Gasteiger partial charge in [-0.1, -0.05) is 36.4 Å². The molecule has 0 spiro atoms. The standard InChI is InChI=1S/C15H17NOS2/c1-18-15(19-2)13-9-6-10-14(16-13)17-11-12-7-4-3-5-8-12/h3-10,15H,11H2,1-2H3. The minimum Gasteiger partial charge on any atom is -0.473 e. The highest BCUT2D eigenvalue weighted by Gasteiger charge is 2.10. The van der Waals surface area contributed by atoms with Gasteiger partial charge in [0.05, 0.1) is 10.3 Å². The molecule has 1 heterocycles. The molecule has 0 aliphatic carbocycles. The van der Waals surface area contributed by atoms with Gasteiger partial charge >= 0.3 is 0 Å². The monoisotopic (exact) mass is 291 g/mol. The molecule has 1 aromatic carbocycles. The van der Waals surface area contributed by atoms with E-state index in [1.54, 1.807) is 23.5 Å². The van der Waals surface area contributed by atoms with E-state index in [1.165, 1.54) is 0 Å². The third kappa shape index (κ3) is 4.18. The van der Waals surface area contributed by atoms with Crippen LogP contribution in [0.15, 0.2) is 48.5 Å². The van der Waals surface area contributed by atoms with E-state index in [2.05, 4.69) is 29.6 Å². The van der Waals surface area contributed by atoms with Crippen molar-refractivity contribution in [1.82, 2.24) is 4.98 Å². The summed E-state index contributed by atoms with van der Waals surface area (Å²) in [6.07, 6.45) is 4.20. The highest BCUT2D eigenvalue weighted by Crippen LogP contribution is 2.35. The van der Waals surface area contributed by atoms with E-state index < -0.39 is 0 Å². The second-order valence-corrected chi connectivity index (χ2v) is 6.16. The molecule has 0 aliphatic rings. The summed E-state index contributed by atoms with van der Waals surface area (Å²) < 4.78 is 6.10. The Morgan fingerprint density at radius 2 is 1.74 bits per heavy atom. The summed E-state index contributed by atoms with van der Waals surface area (Å²) in [4.78, 5) is 4.57. The Bertz CT molecular complexity index is 501. The van der Waals surface area contributed by atoms with Crippen LogP contribution in [0.5, 0.6) is 5.88 Å². The predicted molar refractivity (Wildman–Crippen MR) is 84.8 cm³/mol. The van der Waals surface area contributed by atoms with Gasteiger partial charge in [-0.3, -0.25) is 0 Å². The Kier molecular flexibility index (Phi) is 5.61. The van der Waals surface area contributed by atoms with Crippen LogP contribution in [0, 0.1) is 0 Å². The quantitative estimate of drug-likeness (QED) is 0.736. The van der Waals surface area contributed by atoms with Crippen molar-refractivity contribution in [3.05, 3.63) is 59.8 Å². The van der Waals surface area contributed by atoms with Gasteiger partial charge in [-0.05, 0) is 24.1 Å². The molecule has 0 N–H and O–H groups in total. The first-order valence-electron chi connectivity index (χ1n) is 6.02. The lowest BCUT2D eigenvalue weighted by Gasteiger charge is -2.12. The van der Waals surface area contributed by atoms with Crippen molar-refractivity contribution in [2.24, 2.45) is 0 Å². The number of pyridine rings is 1.